The Balaban J connectivity index is 0.00000261. The number of pyridine rings is 1. The first kappa shape index (κ1) is 21.9. The van der Waals surface area contributed by atoms with Crippen LogP contribution in [-0.2, 0) is 6.42 Å². The van der Waals surface area contributed by atoms with E-state index in [1.165, 1.54) is 6.42 Å². The molecule has 2 aromatic heterocycles. The highest BCUT2D eigenvalue weighted by Crippen LogP contribution is 2.15. The summed E-state index contributed by atoms with van der Waals surface area (Å²) in [4.78, 5) is 9.41. The van der Waals surface area contributed by atoms with Crippen molar-refractivity contribution in [3.63, 3.8) is 0 Å². The molecule has 27 heavy (non-hydrogen) atoms. The molecule has 1 unspecified atom stereocenters. The van der Waals surface area contributed by atoms with Crippen molar-refractivity contribution in [2.45, 2.75) is 39.2 Å². The van der Waals surface area contributed by atoms with Crippen LogP contribution in [0.25, 0.3) is 5.65 Å². The molecule has 1 aliphatic heterocycles. The van der Waals surface area contributed by atoms with Gasteiger partial charge in [0, 0.05) is 45.3 Å². The van der Waals surface area contributed by atoms with Crippen molar-refractivity contribution < 1.29 is 0 Å². The summed E-state index contributed by atoms with van der Waals surface area (Å²) in [6.07, 6.45) is 5.14. The van der Waals surface area contributed by atoms with Crippen LogP contribution in [0.2, 0.25) is 0 Å². The van der Waals surface area contributed by atoms with E-state index < -0.39 is 0 Å². The smallest absolute Gasteiger partial charge is 0.193 e. The molecular formula is C19H32IN7. The molecule has 0 saturated carbocycles. The zero-order chi connectivity index (χ0) is 18.4. The molecular weight excluding hydrogens is 453 g/mol. The molecule has 0 aliphatic carbocycles. The summed E-state index contributed by atoms with van der Waals surface area (Å²) in [6, 6.07) is 6.63. The molecule has 0 radical (unpaired) electrons. The number of hydrogen-bond donors (Lipinski definition) is 1. The number of aryl methyl sites for hydroxylation is 1. The highest BCUT2D eigenvalue weighted by atomic mass is 127. The molecule has 0 spiro atoms. The van der Waals surface area contributed by atoms with Crippen molar-refractivity contribution in [1.82, 2.24) is 29.7 Å². The number of aliphatic imine (C=N–C) groups is 1. The van der Waals surface area contributed by atoms with Crippen LogP contribution in [0, 0.1) is 0 Å². The number of rotatable bonds is 7. The molecule has 1 saturated heterocycles. The summed E-state index contributed by atoms with van der Waals surface area (Å²) >= 11 is 0. The number of hydrogen-bond acceptors (Lipinski definition) is 4. The van der Waals surface area contributed by atoms with E-state index in [1.807, 2.05) is 31.4 Å². The monoisotopic (exact) mass is 485 g/mol. The van der Waals surface area contributed by atoms with E-state index in [2.05, 4.69) is 48.6 Å². The third-order valence-electron chi connectivity index (χ3n) is 5.25. The van der Waals surface area contributed by atoms with E-state index in [0.29, 0.717) is 6.04 Å². The first-order valence-electron chi connectivity index (χ1n) is 9.75. The van der Waals surface area contributed by atoms with Crippen molar-refractivity contribution in [3.8, 4) is 0 Å². The standard InChI is InChI=1S/C19H31N7.HI/c1-4-24(5-2)16-11-14-25(15-16)19(20-3)21-12-8-10-18-23-22-17-9-6-7-13-26(17)18;/h6-7,9,13,16H,4-5,8,10-12,14-15H2,1-3H3,(H,20,21);1H. The van der Waals surface area contributed by atoms with Crippen LogP contribution in [0.3, 0.4) is 0 Å². The molecule has 3 heterocycles. The van der Waals surface area contributed by atoms with Crippen LogP contribution in [0.4, 0.5) is 0 Å². The van der Waals surface area contributed by atoms with Gasteiger partial charge in [0.15, 0.2) is 11.6 Å². The Morgan fingerprint density at radius 2 is 2.11 bits per heavy atom. The van der Waals surface area contributed by atoms with Crippen molar-refractivity contribution in [3.05, 3.63) is 30.2 Å². The zero-order valence-electron chi connectivity index (χ0n) is 16.6. The van der Waals surface area contributed by atoms with E-state index in [1.54, 1.807) is 0 Å². The van der Waals surface area contributed by atoms with E-state index >= 15 is 0 Å². The summed E-state index contributed by atoms with van der Waals surface area (Å²) < 4.78 is 2.06. The average Bonchev–Trinajstić information content (AvgIpc) is 3.31. The maximum Gasteiger partial charge on any atom is 0.193 e. The second kappa shape index (κ2) is 10.8. The number of nitrogens with one attached hydrogen (secondary N) is 1. The van der Waals surface area contributed by atoms with Crippen molar-refractivity contribution in [2.24, 2.45) is 4.99 Å². The van der Waals surface area contributed by atoms with Gasteiger partial charge in [0.05, 0.1) is 0 Å². The fourth-order valence-electron chi connectivity index (χ4n) is 3.81. The van der Waals surface area contributed by atoms with Crippen LogP contribution in [-0.4, -0.2) is 76.2 Å². The summed E-state index contributed by atoms with van der Waals surface area (Å²) in [6.45, 7) is 9.76. The van der Waals surface area contributed by atoms with Gasteiger partial charge in [-0.05, 0) is 38.1 Å². The minimum absolute atomic E-state index is 0. The van der Waals surface area contributed by atoms with Crippen LogP contribution >= 0.6 is 24.0 Å². The van der Waals surface area contributed by atoms with Crippen molar-refractivity contribution >= 4 is 35.6 Å². The van der Waals surface area contributed by atoms with Gasteiger partial charge in [-0.2, -0.15) is 0 Å². The van der Waals surface area contributed by atoms with Crippen molar-refractivity contribution in [2.75, 3.05) is 39.8 Å². The second-order valence-electron chi connectivity index (χ2n) is 6.73. The number of aromatic nitrogens is 3. The highest BCUT2D eigenvalue weighted by Gasteiger charge is 2.27. The minimum atomic E-state index is 0. The molecule has 7 nitrogen and oxygen atoms in total. The molecule has 0 aromatic carbocycles. The third kappa shape index (κ3) is 5.31. The first-order valence-corrected chi connectivity index (χ1v) is 9.75. The van der Waals surface area contributed by atoms with Gasteiger partial charge in [0.2, 0.25) is 0 Å². The van der Waals surface area contributed by atoms with Gasteiger partial charge in [0.25, 0.3) is 0 Å². The number of likely N-dealkylation sites (tertiary alicyclic amines) is 1. The highest BCUT2D eigenvalue weighted by molar-refractivity contribution is 14.0. The number of guanidine groups is 1. The molecule has 150 valence electrons. The van der Waals surface area contributed by atoms with Crippen LogP contribution in [0.15, 0.2) is 29.4 Å². The predicted octanol–water partition coefficient (Wildman–Crippen LogP) is 2.27. The number of fused-ring (bicyclic) bond motifs is 1. The summed E-state index contributed by atoms with van der Waals surface area (Å²) in [5, 5.41) is 12.0. The van der Waals surface area contributed by atoms with Gasteiger partial charge < -0.3 is 10.2 Å². The Morgan fingerprint density at radius 1 is 1.30 bits per heavy atom. The Kier molecular flexibility index (Phi) is 8.75. The molecule has 8 heteroatoms. The molecule has 0 bridgehead atoms. The Labute approximate surface area is 179 Å². The van der Waals surface area contributed by atoms with Gasteiger partial charge in [-0.1, -0.05) is 19.9 Å². The number of halogens is 1. The zero-order valence-corrected chi connectivity index (χ0v) is 19.0. The fraction of sp³-hybridized carbons (Fsp3) is 0.632. The van der Waals surface area contributed by atoms with Crippen molar-refractivity contribution in [1.29, 1.82) is 0 Å². The summed E-state index contributed by atoms with van der Waals surface area (Å²) in [5.41, 5.74) is 0.908. The lowest BCUT2D eigenvalue weighted by Gasteiger charge is -2.27. The molecule has 1 aliphatic rings. The Bertz CT molecular complexity index is 726. The van der Waals surface area contributed by atoms with E-state index in [9.17, 15) is 0 Å². The summed E-state index contributed by atoms with van der Waals surface area (Å²) in [7, 11) is 1.87. The van der Waals surface area contributed by atoms with E-state index in [0.717, 1.165) is 63.0 Å². The largest absolute Gasteiger partial charge is 0.356 e. The maximum atomic E-state index is 4.48. The van der Waals surface area contributed by atoms with Gasteiger partial charge in [0.1, 0.15) is 5.82 Å². The normalized spacial score (nSPS) is 17.6. The lowest BCUT2D eigenvalue weighted by molar-refractivity contribution is 0.223. The quantitative estimate of drug-likeness (QED) is 0.282. The molecule has 1 N–H and O–H groups in total. The molecule has 3 rings (SSSR count). The molecule has 2 aromatic rings. The number of nitrogens with zero attached hydrogens (tertiary/aromatic N) is 6. The van der Waals surface area contributed by atoms with Gasteiger partial charge in [-0.25, -0.2) is 0 Å². The second-order valence-corrected chi connectivity index (χ2v) is 6.73. The Hall–Kier alpha value is -1.42. The van der Waals surface area contributed by atoms with Crippen LogP contribution in [0.5, 0.6) is 0 Å². The van der Waals surface area contributed by atoms with Crippen LogP contribution < -0.4 is 5.32 Å². The first-order chi connectivity index (χ1) is 12.8. The van der Waals surface area contributed by atoms with Crippen LogP contribution in [0.1, 0.15) is 32.5 Å². The van der Waals surface area contributed by atoms with E-state index in [4.69, 9.17) is 0 Å². The Morgan fingerprint density at radius 3 is 2.85 bits per heavy atom. The lowest BCUT2D eigenvalue weighted by Crippen LogP contribution is -2.43. The van der Waals surface area contributed by atoms with Gasteiger partial charge in [-0.15, -0.1) is 34.2 Å². The lowest BCUT2D eigenvalue weighted by atomic mass is 10.2. The topological polar surface area (TPSA) is 61.1 Å². The van der Waals surface area contributed by atoms with Gasteiger partial charge in [-0.3, -0.25) is 14.3 Å². The SMILES string of the molecule is CCN(CC)C1CCN(C(=NC)NCCCc2nnc3ccccn23)C1.I. The molecule has 1 atom stereocenters. The summed E-state index contributed by atoms with van der Waals surface area (Å²) in [5.74, 6) is 2.03. The minimum Gasteiger partial charge on any atom is -0.356 e. The third-order valence-corrected chi connectivity index (χ3v) is 5.25. The van der Waals surface area contributed by atoms with Gasteiger partial charge >= 0.3 is 0 Å². The maximum absolute atomic E-state index is 4.48. The van der Waals surface area contributed by atoms with E-state index in [-0.39, 0.29) is 24.0 Å². The fourth-order valence-corrected chi connectivity index (χ4v) is 3.81. The average molecular weight is 485 g/mol. The number of likely N-dealkylation sites (N-methyl/N-ethyl adjacent to an activating group) is 1. The molecule has 1 fully saturated rings. The molecule has 0 amide bonds. The predicted molar refractivity (Wildman–Crippen MR) is 121 cm³/mol.